The van der Waals surface area contributed by atoms with Crippen LogP contribution in [0.2, 0.25) is 0 Å². The Balaban J connectivity index is 3.14. The second-order valence-electron chi connectivity index (χ2n) is 2.13. The number of para-hydroxylation sites is 1. The van der Waals surface area contributed by atoms with Gasteiger partial charge in [-0.2, -0.15) is 0 Å². The number of halogens is 2. The molecule has 0 aromatic heterocycles. The number of anilines is 1. The van der Waals surface area contributed by atoms with Gasteiger partial charge in [-0.15, -0.1) is 0 Å². The highest BCUT2D eigenvalue weighted by Gasteiger charge is 2.24. The second-order valence-corrected chi connectivity index (χ2v) is 3.42. The molecule has 0 saturated heterocycles. The molecule has 0 atom stereocenters. The van der Waals surface area contributed by atoms with E-state index in [9.17, 15) is 0 Å². The van der Waals surface area contributed by atoms with Crippen molar-refractivity contribution < 1.29 is 5.11 Å². The molecule has 1 aromatic rings. The SMILES string of the molecule is Nc1ccccc1C(O)(Cl)Cl. The summed E-state index contributed by atoms with van der Waals surface area (Å²) in [6, 6.07) is 6.61. The van der Waals surface area contributed by atoms with E-state index in [4.69, 9.17) is 34.0 Å². The molecule has 1 rings (SSSR count). The third-order valence-electron chi connectivity index (χ3n) is 1.28. The quantitative estimate of drug-likeness (QED) is 0.526. The first-order valence-electron chi connectivity index (χ1n) is 2.97. The first-order valence-corrected chi connectivity index (χ1v) is 3.72. The lowest BCUT2D eigenvalue weighted by Crippen LogP contribution is -2.10. The van der Waals surface area contributed by atoms with E-state index in [2.05, 4.69) is 0 Å². The number of hydrogen-bond donors (Lipinski definition) is 2. The predicted octanol–water partition coefficient (Wildman–Crippen LogP) is 1.85. The highest BCUT2D eigenvalue weighted by molar-refractivity contribution is 6.46. The lowest BCUT2D eigenvalue weighted by Gasteiger charge is -2.13. The van der Waals surface area contributed by atoms with Crippen LogP contribution in [0.25, 0.3) is 0 Å². The largest absolute Gasteiger partial charge is 0.398 e. The van der Waals surface area contributed by atoms with Crippen molar-refractivity contribution in [2.45, 2.75) is 4.52 Å². The van der Waals surface area contributed by atoms with Gasteiger partial charge >= 0.3 is 0 Å². The molecule has 0 aliphatic heterocycles. The Hall–Kier alpha value is -0.440. The fourth-order valence-electron chi connectivity index (χ4n) is 0.771. The minimum absolute atomic E-state index is 0.309. The molecule has 60 valence electrons. The number of nitrogens with two attached hydrogens (primary N) is 1. The van der Waals surface area contributed by atoms with Gasteiger partial charge in [0.2, 0.25) is 4.52 Å². The van der Waals surface area contributed by atoms with Gasteiger partial charge in [0.05, 0.1) is 0 Å². The molecule has 0 bridgehead atoms. The van der Waals surface area contributed by atoms with E-state index in [1.165, 1.54) is 0 Å². The van der Waals surface area contributed by atoms with E-state index < -0.39 is 4.52 Å². The molecular weight excluding hydrogens is 185 g/mol. The van der Waals surface area contributed by atoms with Crippen molar-refractivity contribution in [2.24, 2.45) is 0 Å². The Morgan fingerprint density at radius 2 is 1.82 bits per heavy atom. The summed E-state index contributed by atoms with van der Waals surface area (Å²) >= 11 is 10.8. The highest BCUT2D eigenvalue weighted by atomic mass is 35.5. The van der Waals surface area contributed by atoms with E-state index in [0.29, 0.717) is 11.3 Å². The summed E-state index contributed by atoms with van der Waals surface area (Å²) in [5.41, 5.74) is 6.16. The van der Waals surface area contributed by atoms with Crippen molar-refractivity contribution in [2.75, 3.05) is 5.73 Å². The average molecular weight is 192 g/mol. The number of aliphatic hydroxyl groups is 1. The van der Waals surface area contributed by atoms with Gasteiger partial charge in [0, 0.05) is 11.3 Å². The molecule has 3 N–H and O–H groups in total. The van der Waals surface area contributed by atoms with Crippen LogP contribution >= 0.6 is 23.2 Å². The van der Waals surface area contributed by atoms with Crippen molar-refractivity contribution in [1.82, 2.24) is 0 Å². The Labute approximate surface area is 74.5 Å². The molecule has 0 unspecified atom stereocenters. The van der Waals surface area contributed by atoms with Crippen LogP contribution < -0.4 is 5.73 Å². The molecule has 0 saturated carbocycles. The van der Waals surface area contributed by atoms with E-state index >= 15 is 0 Å². The zero-order chi connectivity index (χ0) is 8.48. The number of nitrogen functional groups attached to an aromatic ring is 1. The Bertz CT molecular complexity index is 257. The van der Waals surface area contributed by atoms with Crippen LogP contribution in [0.1, 0.15) is 5.56 Å². The van der Waals surface area contributed by atoms with Gasteiger partial charge in [-0.05, 0) is 6.07 Å². The summed E-state index contributed by atoms with van der Waals surface area (Å²) < 4.78 is -1.90. The summed E-state index contributed by atoms with van der Waals surface area (Å²) in [6.07, 6.45) is 0. The van der Waals surface area contributed by atoms with Gasteiger partial charge in [0.1, 0.15) is 0 Å². The number of hydrogen-bond acceptors (Lipinski definition) is 2. The normalized spacial score (nSPS) is 11.5. The number of alkyl halides is 2. The summed E-state index contributed by atoms with van der Waals surface area (Å²) in [5.74, 6) is 0. The van der Waals surface area contributed by atoms with Gasteiger partial charge in [-0.3, -0.25) is 0 Å². The Kier molecular flexibility index (Phi) is 2.28. The summed E-state index contributed by atoms with van der Waals surface area (Å²) in [5, 5.41) is 9.12. The van der Waals surface area contributed by atoms with Crippen LogP contribution in [-0.2, 0) is 4.52 Å². The molecule has 0 spiro atoms. The fraction of sp³-hybridized carbons (Fsp3) is 0.143. The van der Waals surface area contributed by atoms with Gasteiger partial charge in [0.25, 0.3) is 0 Å². The maximum atomic E-state index is 9.12. The maximum absolute atomic E-state index is 9.12. The Morgan fingerprint density at radius 1 is 1.27 bits per heavy atom. The summed E-state index contributed by atoms with van der Waals surface area (Å²) in [7, 11) is 0. The predicted molar refractivity (Wildman–Crippen MR) is 46.5 cm³/mol. The van der Waals surface area contributed by atoms with E-state index in [1.807, 2.05) is 0 Å². The standard InChI is InChI=1S/C7H7Cl2NO/c8-7(9,11)5-3-1-2-4-6(5)10/h1-4,11H,10H2. The molecule has 0 heterocycles. The van der Waals surface area contributed by atoms with Crippen molar-refractivity contribution in [3.63, 3.8) is 0 Å². The van der Waals surface area contributed by atoms with Crippen LogP contribution in [0.5, 0.6) is 0 Å². The van der Waals surface area contributed by atoms with Crippen LogP contribution in [0.15, 0.2) is 24.3 Å². The van der Waals surface area contributed by atoms with Crippen LogP contribution in [0, 0.1) is 0 Å². The lowest BCUT2D eigenvalue weighted by molar-refractivity contribution is 0.219. The number of rotatable bonds is 1. The fourth-order valence-corrected chi connectivity index (χ4v) is 1.12. The minimum Gasteiger partial charge on any atom is -0.398 e. The Morgan fingerprint density at radius 3 is 2.18 bits per heavy atom. The monoisotopic (exact) mass is 191 g/mol. The topological polar surface area (TPSA) is 46.2 Å². The summed E-state index contributed by atoms with van der Waals surface area (Å²) in [6.45, 7) is 0. The van der Waals surface area contributed by atoms with Crippen molar-refractivity contribution >= 4 is 28.9 Å². The molecule has 0 aliphatic carbocycles. The number of benzene rings is 1. The lowest BCUT2D eigenvalue weighted by atomic mass is 10.2. The molecule has 11 heavy (non-hydrogen) atoms. The van der Waals surface area contributed by atoms with Gasteiger partial charge < -0.3 is 10.8 Å². The van der Waals surface area contributed by atoms with Crippen LogP contribution in [0.3, 0.4) is 0 Å². The van der Waals surface area contributed by atoms with Gasteiger partial charge in [-0.25, -0.2) is 0 Å². The molecule has 1 aromatic carbocycles. The molecule has 0 fully saturated rings. The highest BCUT2D eigenvalue weighted by Crippen LogP contribution is 2.33. The third kappa shape index (κ3) is 1.99. The van der Waals surface area contributed by atoms with Gasteiger partial charge in [-0.1, -0.05) is 41.4 Å². The van der Waals surface area contributed by atoms with Crippen LogP contribution in [0.4, 0.5) is 5.69 Å². The molecular formula is C7H7Cl2NO. The van der Waals surface area contributed by atoms with Gasteiger partial charge in [0.15, 0.2) is 0 Å². The maximum Gasteiger partial charge on any atom is 0.243 e. The van der Waals surface area contributed by atoms with Crippen LogP contribution in [-0.4, -0.2) is 5.11 Å². The van der Waals surface area contributed by atoms with E-state index in [1.54, 1.807) is 24.3 Å². The third-order valence-corrected chi connectivity index (χ3v) is 1.69. The van der Waals surface area contributed by atoms with E-state index in [0.717, 1.165) is 0 Å². The van der Waals surface area contributed by atoms with E-state index in [-0.39, 0.29) is 0 Å². The molecule has 4 heteroatoms. The molecule has 0 aliphatic rings. The zero-order valence-electron chi connectivity index (χ0n) is 5.59. The second kappa shape index (κ2) is 2.89. The smallest absolute Gasteiger partial charge is 0.243 e. The minimum atomic E-state index is -1.90. The molecule has 2 nitrogen and oxygen atoms in total. The first-order chi connectivity index (χ1) is 5.02. The van der Waals surface area contributed by atoms with Crippen molar-refractivity contribution in [1.29, 1.82) is 0 Å². The molecule has 0 radical (unpaired) electrons. The van der Waals surface area contributed by atoms with Crippen molar-refractivity contribution in [3.8, 4) is 0 Å². The zero-order valence-corrected chi connectivity index (χ0v) is 7.10. The average Bonchev–Trinajstić information content (AvgIpc) is 1.86. The summed E-state index contributed by atoms with van der Waals surface area (Å²) in [4.78, 5) is 0. The molecule has 0 amide bonds. The van der Waals surface area contributed by atoms with Crippen molar-refractivity contribution in [3.05, 3.63) is 29.8 Å². The first kappa shape index (κ1) is 8.65.